The number of benzene rings is 2. The summed E-state index contributed by atoms with van der Waals surface area (Å²) in [5, 5.41) is 0. The van der Waals surface area contributed by atoms with Gasteiger partial charge in [0.25, 0.3) is 0 Å². The Morgan fingerprint density at radius 2 is 1.71 bits per heavy atom. The van der Waals surface area contributed by atoms with Gasteiger partial charge in [-0.05, 0) is 34.7 Å². The quantitative estimate of drug-likeness (QED) is 0.632. The largest absolute Gasteiger partial charge is 0.465 e. The minimum atomic E-state index is -3.59. The number of hydrogen-bond acceptors (Lipinski definition) is 5. The van der Waals surface area contributed by atoms with E-state index in [0.29, 0.717) is 17.0 Å². The molecule has 3 N–H and O–H groups in total. The van der Waals surface area contributed by atoms with E-state index in [-0.39, 0.29) is 24.7 Å². The fraction of sp³-hybridized carbons (Fsp3) is 0.350. The Morgan fingerprint density at radius 1 is 1.11 bits per heavy atom. The van der Waals surface area contributed by atoms with Crippen LogP contribution in [0, 0.1) is 0 Å². The molecule has 2 aromatic rings. The highest BCUT2D eigenvalue weighted by Gasteiger charge is 2.16. The summed E-state index contributed by atoms with van der Waals surface area (Å²) in [6.07, 6.45) is 0. The summed E-state index contributed by atoms with van der Waals surface area (Å²) in [7, 11) is -2.31. The Kier molecular flexibility index (Phi) is 9.10. The molecular weight excluding hydrogens is 400 g/mol. The summed E-state index contributed by atoms with van der Waals surface area (Å²) in [5.74, 6) is -0.319. The summed E-state index contributed by atoms with van der Waals surface area (Å²) < 4.78 is 31.9. The Bertz CT molecular complexity index is 883. The van der Waals surface area contributed by atoms with Gasteiger partial charge >= 0.3 is 5.97 Å². The highest BCUT2D eigenvalue weighted by molar-refractivity contribution is 7.88. The molecule has 6 nitrogen and oxygen atoms in total. The zero-order valence-electron chi connectivity index (χ0n) is 16.2. The SMILES string of the molecule is COC(=O)c1cccc(CS(=O)(=O)NCC(N)c2ccc(C(C)C)cc2)c1.Cl. The van der Waals surface area contributed by atoms with Gasteiger partial charge in [-0.15, -0.1) is 12.4 Å². The van der Waals surface area contributed by atoms with Crippen LogP contribution >= 0.6 is 12.4 Å². The number of sulfonamides is 1. The molecule has 0 fully saturated rings. The number of hydrogen-bond donors (Lipinski definition) is 2. The number of carbonyl (C=O) groups is 1. The average molecular weight is 427 g/mol. The third kappa shape index (κ3) is 6.91. The molecule has 1 unspecified atom stereocenters. The normalized spacial score (nSPS) is 12.3. The maximum atomic E-state index is 12.3. The number of nitrogens with two attached hydrogens (primary N) is 1. The Morgan fingerprint density at radius 3 is 2.29 bits per heavy atom. The minimum absolute atomic E-state index is 0. The van der Waals surface area contributed by atoms with Crippen LogP contribution in [0.1, 0.15) is 52.9 Å². The molecule has 0 saturated heterocycles. The molecule has 1 atom stereocenters. The van der Waals surface area contributed by atoms with Crippen molar-refractivity contribution in [3.8, 4) is 0 Å². The van der Waals surface area contributed by atoms with Crippen LogP contribution < -0.4 is 10.5 Å². The summed E-state index contributed by atoms with van der Waals surface area (Å²) >= 11 is 0. The van der Waals surface area contributed by atoms with Crippen LogP contribution in [0.5, 0.6) is 0 Å². The summed E-state index contributed by atoms with van der Waals surface area (Å²) in [6, 6.07) is 13.8. The van der Waals surface area contributed by atoms with Crippen LogP contribution in [-0.2, 0) is 20.5 Å². The summed E-state index contributed by atoms with van der Waals surface area (Å²) in [4.78, 5) is 11.6. The maximum Gasteiger partial charge on any atom is 0.337 e. The van der Waals surface area contributed by atoms with Crippen LogP contribution in [0.25, 0.3) is 0 Å². The van der Waals surface area contributed by atoms with Crippen LogP contribution in [0.3, 0.4) is 0 Å². The lowest BCUT2D eigenvalue weighted by Crippen LogP contribution is -2.32. The van der Waals surface area contributed by atoms with Gasteiger partial charge in [0.15, 0.2) is 0 Å². The van der Waals surface area contributed by atoms with Gasteiger partial charge in [-0.2, -0.15) is 0 Å². The van der Waals surface area contributed by atoms with Gasteiger partial charge < -0.3 is 10.5 Å². The average Bonchev–Trinajstić information content (AvgIpc) is 2.65. The lowest BCUT2D eigenvalue weighted by molar-refractivity contribution is 0.0600. The molecule has 0 amide bonds. The van der Waals surface area contributed by atoms with Crippen LogP contribution in [-0.4, -0.2) is 28.0 Å². The van der Waals surface area contributed by atoms with E-state index in [1.54, 1.807) is 18.2 Å². The molecule has 0 radical (unpaired) electrons. The van der Waals surface area contributed by atoms with Crippen molar-refractivity contribution in [1.82, 2.24) is 4.72 Å². The monoisotopic (exact) mass is 426 g/mol. The van der Waals surface area contributed by atoms with E-state index in [1.807, 2.05) is 24.3 Å². The molecule has 154 valence electrons. The number of esters is 1. The number of nitrogens with one attached hydrogen (secondary N) is 1. The van der Waals surface area contributed by atoms with Gasteiger partial charge in [-0.25, -0.2) is 17.9 Å². The van der Waals surface area contributed by atoms with Crippen molar-refractivity contribution < 1.29 is 17.9 Å². The minimum Gasteiger partial charge on any atom is -0.465 e. The highest BCUT2D eigenvalue weighted by Crippen LogP contribution is 2.18. The first-order valence-electron chi connectivity index (χ1n) is 8.72. The van der Waals surface area contributed by atoms with E-state index in [0.717, 1.165) is 5.56 Å². The summed E-state index contributed by atoms with van der Waals surface area (Å²) in [6.45, 7) is 4.32. The van der Waals surface area contributed by atoms with Gasteiger partial charge in [0.05, 0.1) is 18.4 Å². The molecule has 2 rings (SSSR count). The molecular formula is C20H27ClN2O4S. The van der Waals surface area contributed by atoms with E-state index in [9.17, 15) is 13.2 Å². The zero-order valence-corrected chi connectivity index (χ0v) is 17.8. The lowest BCUT2D eigenvalue weighted by Gasteiger charge is -2.15. The number of methoxy groups -OCH3 is 1. The summed E-state index contributed by atoms with van der Waals surface area (Å²) in [5.41, 5.74) is 9.00. The number of ether oxygens (including phenoxy) is 1. The molecule has 0 aliphatic carbocycles. The van der Waals surface area contributed by atoms with Gasteiger partial charge in [0.2, 0.25) is 10.0 Å². The van der Waals surface area contributed by atoms with E-state index in [2.05, 4.69) is 23.3 Å². The fourth-order valence-electron chi connectivity index (χ4n) is 2.64. The molecule has 0 aliphatic rings. The van der Waals surface area contributed by atoms with E-state index < -0.39 is 22.0 Å². The van der Waals surface area contributed by atoms with Crippen LogP contribution in [0.2, 0.25) is 0 Å². The standard InChI is InChI=1S/C20H26N2O4S.ClH/c1-14(2)16-7-9-17(10-8-16)19(21)12-22-27(24,25)13-15-5-4-6-18(11-15)20(23)26-3;/h4-11,14,19,22H,12-13,21H2,1-3H3;1H. The first-order chi connectivity index (χ1) is 12.7. The molecule has 0 aliphatic heterocycles. The Hall–Kier alpha value is -1.93. The second-order valence-electron chi connectivity index (χ2n) is 6.73. The van der Waals surface area contributed by atoms with Crippen molar-refractivity contribution in [1.29, 1.82) is 0 Å². The molecule has 0 bridgehead atoms. The van der Waals surface area contributed by atoms with Crippen molar-refractivity contribution >= 4 is 28.4 Å². The van der Waals surface area contributed by atoms with Gasteiger partial charge in [-0.1, -0.05) is 50.2 Å². The topological polar surface area (TPSA) is 98.5 Å². The zero-order chi connectivity index (χ0) is 20.0. The van der Waals surface area contributed by atoms with E-state index >= 15 is 0 Å². The van der Waals surface area contributed by atoms with Crippen molar-refractivity contribution in [3.05, 3.63) is 70.8 Å². The van der Waals surface area contributed by atoms with Gasteiger partial charge in [-0.3, -0.25) is 0 Å². The molecule has 0 saturated carbocycles. The second kappa shape index (κ2) is 10.6. The van der Waals surface area contributed by atoms with E-state index in [4.69, 9.17) is 5.73 Å². The smallest absolute Gasteiger partial charge is 0.337 e. The number of halogens is 1. The molecule has 28 heavy (non-hydrogen) atoms. The number of carbonyl (C=O) groups excluding carboxylic acids is 1. The van der Waals surface area contributed by atoms with Crippen molar-refractivity contribution in [3.63, 3.8) is 0 Å². The Balaban J connectivity index is 0.00000392. The third-order valence-electron chi connectivity index (χ3n) is 4.26. The van der Waals surface area contributed by atoms with Crippen molar-refractivity contribution in [2.75, 3.05) is 13.7 Å². The van der Waals surface area contributed by atoms with Crippen molar-refractivity contribution in [2.24, 2.45) is 5.73 Å². The van der Waals surface area contributed by atoms with Crippen molar-refractivity contribution in [2.45, 2.75) is 31.6 Å². The molecule has 8 heteroatoms. The molecule has 0 heterocycles. The maximum absolute atomic E-state index is 12.3. The molecule has 0 spiro atoms. The third-order valence-corrected chi connectivity index (χ3v) is 5.58. The predicted octanol–water partition coefficient (Wildman–Crippen LogP) is 3.14. The number of rotatable bonds is 8. The lowest BCUT2D eigenvalue weighted by atomic mass is 9.99. The first-order valence-corrected chi connectivity index (χ1v) is 10.4. The molecule has 2 aromatic carbocycles. The van der Waals surface area contributed by atoms with Crippen LogP contribution in [0.15, 0.2) is 48.5 Å². The molecule has 0 aromatic heterocycles. The Labute approximate surface area is 172 Å². The predicted molar refractivity (Wildman–Crippen MR) is 113 cm³/mol. The highest BCUT2D eigenvalue weighted by atomic mass is 35.5. The van der Waals surface area contributed by atoms with Gasteiger partial charge in [0, 0.05) is 12.6 Å². The second-order valence-corrected chi connectivity index (χ2v) is 8.53. The fourth-order valence-corrected chi connectivity index (χ4v) is 3.79. The first kappa shape index (κ1) is 24.1. The van der Waals surface area contributed by atoms with Gasteiger partial charge in [0.1, 0.15) is 0 Å². The van der Waals surface area contributed by atoms with Crippen LogP contribution in [0.4, 0.5) is 0 Å². The van der Waals surface area contributed by atoms with E-state index in [1.165, 1.54) is 18.7 Å².